The molecule has 0 saturated carbocycles. The molecule has 0 spiro atoms. The topological polar surface area (TPSA) is 101 Å². The van der Waals surface area contributed by atoms with Gasteiger partial charge in [0.1, 0.15) is 17.4 Å². The Bertz CT molecular complexity index is 697. The minimum absolute atomic E-state index is 0.0583. The van der Waals surface area contributed by atoms with Gasteiger partial charge in [0.25, 0.3) is 0 Å². The number of nitrogens with zero attached hydrogens (tertiary/aromatic N) is 1. The molecule has 114 valence electrons. The number of fused-ring (bicyclic) bond motifs is 1. The molecule has 0 bridgehead atoms. The van der Waals surface area contributed by atoms with Gasteiger partial charge < -0.3 is 14.7 Å². The minimum Gasteiger partial charge on any atom is -0.489 e. The lowest BCUT2D eigenvalue weighted by Gasteiger charge is -2.31. The molecule has 2 rings (SSSR count). The van der Waals surface area contributed by atoms with Gasteiger partial charge in [-0.25, -0.2) is 13.2 Å². The molecule has 1 N–H and O–H groups in total. The van der Waals surface area contributed by atoms with Gasteiger partial charge in [0.2, 0.25) is 5.91 Å². The second-order valence-electron chi connectivity index (χ2n) is 4.77. The van der Waals surface area contributed by atoms with Crippen LogP contribution in [-0.4, -0.2) is 50.1 Å². The van der Waals surface area contributed by atoms with Crippen molar-refractivity contribution < 1.29 is 27.9 Å². The van der Waals surface area contributed by atoms with Crippen molar-refractivity contribution in [1.29, 1.82) is 0 Å². The fraction of sp³-hybridized carbons (Fsp3) is 0.385. The third-order valence-corrected chi connectivity index (χ3v) is 4.82. The van der Waals surface area contributed by atoms with Crippen molar-refractivity contribution in [2.75, 3.05) is 24.3 Å². The van der Waals surface area contributed by atoms with E-state index in [2.05, 4.69) is 0 Å². The molecule has 7 nitrogen and oxygen atoms in total. The lowest BCUT2D eigenvalue weighted by molar-refractivity contribution is -0.118. The summed E-state index contributed by atoms with van der Waals surface area (Å²) in [6.07, 6.45) is 0.991. The largest absolute Gasteiger partial charge is 0.489 e. The van der Waals surface area contributed by atoms with E-state index >= 15 is 0 Å². The normalized spacial score (nSPS) is 15.8. The average Bonchev–Trinajstić information content (AvgIpc) is 2.43. The summed E-state index contributed by atoms with van der Waals surface area (Å²) in [5.74, 6) is -1.67. The Morgan fingerprint density at radius 2 is 2.05 bits per heavy atom. The van der Waals surface area contributed by atoms with Crippen molar-refractivity contribution in [1.82, 2.24) is 0 Å². The number of benzene rings is 1. The van der Waals surface area contributed by atoms with E-state index < -0.39 is 27.0 Å². The van der Waals surface area contributed by atoms with E-state index in [0.717, 1.165) is 6.26 Å². The van der Waals surface area contributed by atoms with Gasteiger partial charge in [0, 0.05) is 6.26 Å². The van der Waals surface area contributed by atoms with Crippen LogP contribution in [0, 0.1) is 0 Å². The number of para-hydroxylation sites is 1. The molecule has 0 fully saturated rings. The molecule has 1 aromatic rings. The standard InChI is InChI=1S/C13H15NO6S/c1-8(21(2,18)19)12(15)14-6-7-20-11-9(13(16)17)4-3-5-10(11)14/h3-5,8H,6-7H2,1-2H3,(H,16,17). The fourth-order valence-electron chi connectivity index (χ4n) is 2.05. The van der Waals surface area contributed by atoms with Crippen LogP contribution in [0.3, 0.4) is 0 Å². The molecule has 0 aromatic heterocycles. The first-order chi connectivity index (χ1) is 9.73. The van der Waals surface area contributed by atoms with Gasteiger partial charge in [-0.15, -0.1) is 0 Å². The van der Waals surface area contributed by atoms with Crippen LogP contribution in [0.5, 0.6) is 5.75 Å². The zero-order valence-corrected chi connectivity index (χ0v) is 12.4. The summed E-state index contributed by atoms with van der Waals surface area (Å²) >= 11 is 0. The molecule has 1 aliphatic rings. The first kappa shape index (κ1) is 15.3. The Kier molecular flexibility index (Phi) is 3.91. The SMILES string of the molecule is CC(C(=O)N1CCOc2c(C(=O)O)cccc21)S(C)(=O)=O. The Hall–Kier alpha value is -2.09. The van der Waals surface area contributed by atoms with E-state index in [9.17, 15) is 18.0 Å². The van der Waals surface area contributed by atoms with Gasteiger partial charge in [0.15, 0.2) is 15.6 Å². The second kappa shape index (κ2) is 5.36. The van der Waals surface area contributed by atoms with Crippen LogP contribution < -0.4 is 9.64 Å². The Morgan fingerprint density at radius 1 is 1.38 bits per heavy atom. The van der Waals surface area contributed by atoms with Crippen LogP contribution in [0.2, 0.25) is 0 Å². The maximum absolute atomic E-state index is 12.3. The first-order valence-electron chi connectivity index (χ1n) is 6.23. The van der Waals surface area contributed by atoms with Crippen LogP contribution >= 0.6 is 0 Å². The summed E-state index contributed by atoms with van der Waals surface area (Å²) in [4.78, 5) is 24.8. The molecule has 0 aliphatic carbocycles. The quantitative estimate of drug-likeness (QED) is 0.874. The lowest BCUT2D eigenvalue weighted by Crippen LogP contribution is -2.45. The molecule has 0 saturated heterocycles. The highest BCUT2D eigenvalue weighted by atomic mass is 32.2. The van der Waals surface area contributed by atoms with Crippen LogP contribution in [0.1, 0.15) is 17.3 Å². The number of aromatic carboxylic acids is 1. The molecule has 21 heavy (non-hydrogen) atoms. The fourth-order valence-corrected chi connectivity index (χ4v) is 2.54. The van der Waals surface area contributed by atoms with Gasteiger partial charge in [-0.05, 0) is 19.1 Å². The molecular formula is C13H15NO6S. The number of hydrogen-bond acceptors (Lipinski definition) is 5. The molecule has 1 heterocycles. The summed E-state index contributed by atoms with van der Waals surface area (Å²) in [6, 6.07) is 4.39. The molecule has 0 radical (unpaired) electrons. The molecular weight excluding hydrogens is 298 g/mol. The number of carboxylic acids is 1. The Balaban J connectivity index is 2.46. The third kappa shape index (κ3) is 2.85. The number of hydrogen-bond donors (Lipinski definition) is 1. The van der Waals surface area contributed by atoms with Gasteiger partial charge in [0.05, 0.1) is 12.2 Å². The maximum Gasteiger partial charge on any atom is 0.339 e. The highest BCUT2D eigenvalue weighted by Gasteiger charge is 2.33. The average molecular weight is 313 g/mol. The highest BCUT2D eigenvalue weighted by molar-refractivity contribution is 7.92. The van der Waals surface area contributed by atoms with Crippen molar-refractivity contribution >= 4 is 27.4 Å². The third-order valence-electron chi connectivity index (χ3n) is 3.33. The van der Waals surface area contributed by atoms with Crippen molar-refractivity contribution in [2.45, 2.75) is 12.2 Å². The summed E-state index contributed by atoms with van der Waals surface area (Å²) in [5.41, 5.74) is 0.221. The van der Waals surface area contributed by atoms with Crippen molar-refractivity contribution in [3.63, 3.8) is 0 Å². The highest BCUT2D eigenvalue weighted by Crippen LogP contribution is 2.35. The van der Waals surface area contributed by atoms with E-state index in [-0.39, 0.29) is 30.2 Å². The smallest absolute Gasteiger partial charge is 0.339 e. The number of ether oxygens (including phenoxy) is 1. The zero-order valence-electron chi connectivity index (χ0n) is 11.6. The number of carboxylic acid groups (broad SMARTS) is 1. The van der Waals surface area contributed by atoms with Crippen LogP contribution in [-0.2, 0) is 14.6 Å². The molecule has 1 unspecified atom stereocenters. The zero-order chi connectivity index (χ0) is 15.8. The van der Waals surface area contributed by atoms with Crippen molar-refractivity contribution in [2.24, 2.45) is 0 Å². The van der Waals surface area contributed by atoms with E-state index in [1.165, 1.54) is 30.0 Å². The number of carbonyl (C=O) groups excluding carboxylic acids is 1. The molecule has 1 aliphatic heterocycles. The van der Waals surface area contributed by atoms with Gasteiger partial charge in [-0.1, -0.05) is 6.07 Å². The van der Waals surface area contributed by atoms with E-state index in [1.807, 2.05) is 0 Å². The molecule has 8 heteroatoms. The van der Waals surface area contributed by atoms with Gasteiger partial charge >= 0.3 is 5.97 Å². The summed E-state index contributed by atoms with van der Waals surface area (Å²) in [7, 11) is -3.53. The molecule has 1 aromatic carbocycles. The van der Waals surface area contributed by atoms with Crippen molar-refractivity contribution in [3.8, 4) is 5.75 Å². The molecule has 1 amide bonds. The number of rotatable bonds is 3. The van der Waals surface area contributed by atoms with Crippen molar-refractivity contribution in [3.05, 3.63) is 23.8 Å². The Morgan fingerprint density at radius 3 is 2.62 bits per heavy atom. The summed E-state index contributed by atoms with van der Waals surface area (Å²) < 4.78 is 28.4. The minimum atomic E-state index is -3.53. The predicted octanol–water partition coefficient (Wildman–Crippen LogP) is 0.543. The number of carbonyl (C=O) groups is 2. The summed E-state index contributed by atoms with van der Waals surface area (Å²) in [5, 5.41) is 7.93. The van der Waals surface area contributed by atoms with Crippen LogP contribution in [0.4, 0.5) is 5.69 Å². The van der Waals surface area contributed by atoms with Gasteiger partial charge in [-0.3, -0.25) is 4.79 Å². The van der Waals surface area contributed by atoms with E-state index in [4.69, 9.17) is 9.84 Å². The predicted molar refractivity (Wildman–Crippen MR) is 75.6 cm³/mol. The molecule has 1 atom stereocenters. The number of anilines is 1. The number of sulfone groups is 1. The first-order valence-corrected chi connectivity index (χ1v) is 8.18. The second-order valence-corrected chi connectivity index (χ2v) is 7.14. The number of amides is 1. The summed E-state index contributed by atoms with van der Waals surface area (Å²) in [6.45, 7) is 1.60. The van der Waals surface area contributed by atoms with Crippen LogP contribution in [0.15, 0.2) is 18.2 Å². The monoisotopic (exact) mass is 313 g/mol. The van der Waals surface area contributed by atoms with Crippen LogP contribution in [0.25, 0.3) is 0 Å². The van der Waals surface area contributed by atoms with Gasteiger partial charge in [-0.2, -0.15) is 0 Å². The lowest BCUT2D eigenvalue weighted by atomic mass is 10.1. The Labute approximate surface area is 122 Å². The van der Waals surface area contributed by atoms with E-state index in [1.54, 1.807) is 0 Å². The maximum atomic E-state index is 12.3. The van der Waals surface area contributed by atoms with E-state index in [0.29, 0.717) is 0 Å².